The predicted octanol–water partition coefficient (Wildman–Crippen LogP) is 1.20. The van der Waals surface area contributed by atoms with Crippen molar-refractivity contribution in [3.8, 4) is 0 Å². The molecule has 2 aliphatic heterocycles. The molecule has 0 N–H and O–H groups in total. The Hall–Kier alpha value is -2.11. The number of aryl methyl sites for hydroxylation is 1. The van der Waals surface area contributed by atoms with Crippen molar-refractivity contribution in [1.29, 1.82) is 0 Å². The van der Waals surface area contributed by atoms with Crippen molar-refractivity contribution in [2.75, 3.05) is 13.4 Å². The van der Waals surface area contributed by atoms with Gasteiger partial charge < -0.3 is 14.4 Å². The van der Waals surface area contributed by atoms with E-state index >= 15 is 0 Å². The van der Waals surface area contributed by atoms with E-state index in [4.69, 9.17) is 13.7 Å². The maximum atomic E-state index is 12.7. The summed E-state index contributed by atoms with van der Waals surface area (Å²) in [5.41, 5.74) is 0.884. The number of amides is 1. The minimum absolute atomic E-state index is 0.0618. The predicted molar refractivity (Wildman–Crippen MR) is 102 cm³/mol. The van der Waals surface area contributed by atoms with E-state index in [9.17, 15) is 22.8 Å². The molecule has 2 fully saturated rings. The highest BCUT2D eigenvalue weighted by atomic mass is 32.2. The van der Waals surface area contributed by atoms with Crippen LogP contribution in [0.2, 0.25) is 0 Å². The van der Waals surface area contributed by atoms with Crippen LogP contribution in [0.1, 0.15) is 25.8 Å². The van der Waals surface area contributed by atoms with Gasteiger partial charge in [-0.15, -0.1) is 11.8 Å². The number of hydrogen-bond acceptors (Lipinski definition) is 9. The Morgan fingerprint density at radius 3 is 2.48 bits per heavy atom. The van der Waals surface area contributed by atoms with E-state index in [-0.39, 0.29) is 29.2 Å². The van der Waals surface area contributed by atoms with Crippen LogP contribution < -0.4 is 0 Å². The van der Waals surface area contributed by atoms with Gasteiger partial charge in [-0.25, -0.2) is 8.98 Å². The van der Waals surface area contributed by atoms with Crippen LogP contribution in [0.5, 0.6) is 0 Å². The number of carbonyl (C=O) groups is 3. The molecule has 2 heterocycles. The van der Waals surface area contributed by atoms with Crippen LogP contribution in [0.3, 0.4) is 0 Å². The number of hydrogen-bond donors (Lipinski definition) is 0. The van der Waals surface area contributed by atoms with Gasteiger partial charge in [0.15, 0.2) is 0 Å². The first-order chi connectivity index (χ1) is 13.5. The highest BCUT2D eigenvalue weighted by molar-refractivity contribution is 8.01. The fraction of sp³-hybridized carbons (Fsp3) is 0.500. The molecule has 29 heavy (non-hydrogen) atoms. The molecule has 0 unspecified atom stereocenters. The van der Waals surface area contributed by atoms with E-state index in [0.717, 1.165) is 5.56 Å². The zero-order valence-electron chi connectivity index (χ0n) is 16.1. The first kappa shape index (κ1) is 21.6. The van der Waals surface area contributed by atoms with Gasteiger partial charge in [0.25, 0.3) is 10.1 Å². The van der Waals surface area contributed by atoms with Crippen molar-refractivity contribution in [2.45, 2.75) is 48.3 Å². The summed E-state index contributed by atoms with van der Waals surface area (Å²) in [7, 11) is -4.10. The number of β-lactam (4-membered cyclic amide) rings is 1. The van der Waals surface area contributed by atoms with Crippen LogP contribution in [-0.2, 0) is 38.2 Å². The number of rotatable bonds is 7. The quantitative estimate of drug-likeness (QED) is 0.265. The number of nitrogens with zero attached hydrogens (tertiary/aromatic N) is 1. The second-order valence-corrected chi connectivity index (χ2v) is 10.4. The number of carbonyl (C=O) groups excluding carboxylic acids is 3. The van der Waals surface area contributed by atoms with Gasteiger partial charge in [-0.2, -0.15) is 8.42 Å². The fourth-order valence-electron chi connectivity index (χ4n) is 3.20. The van der Waals surface area contributed by atoms with E-state index in [1.54, 1.807) is 19.1 Å². The highest BCUT2D eigenvalue weighted by Gasteiger charge is 2.61. The van der Waals surface area contributed by atoms with Gasteiger partial charge in [0, 0.05) is 6.92 Å². The lowest BCUT2D eigenvalue weighted by Crippen LogP contribution is -2.58. The van der Waals surface area contributed by atoms with E-state index in [1.807, 2.05) is 6.92 Å². The Kier molecular flexibility index (Phi) is 5.93. The summed E-state index contributed by atoms with van der Waals surface area (Å²) in [6.45, 7) is 3.85. The normalized spacial score (nSPS) is 25.9. The van der Waals surface area contributed by atoms with Crippen molar-refractivity contribution >= 4 is 39.7 Å². The van der Waals surface area contributed by atoms with Crippen molar-refractivity contribution in [3.05, 3.63) is 29.8 Å². The molecule has 11 heteroatoms. The maximum Gasteiger partial charge on any atom is 0.332 e. The summed E-state index contributed by atoms with van der Waals surface area (Å²) >= 11 is 1.35. The topological polar surface area (TPSA) is 116 Å². The molecule has 1 aromatic rings. The molecule has 0 radical (unpaired) electrons. The van der Waals surface area contributed by atoms with Crippen LogP contribution >= 0.6 is 11.8 Å². The molecule has 2 aliphatic rings. The third kappa shape index (κ3) is 4.41. The second kappa shape index (κ2) is 7.96. The second-order valence-electron chi connectivity index (χ2n) is 7.04. The number of fused-ring (bicyclic) bond motifs is 1. The molecule has 9 nitrogen and oxygen atoms in total. The zero-order chi connectivity index (χ0) is 21.4. The zero-order valence-corrected chi connectivity index (χ0v) is 17.7. The smallest absolute Gasteiger partial charge is 0.332 e. The maximum absolute atomic E-state index is 12.7. The first-order valence-corrected chi connectivity index (χ1v) is 11.1. The lowest BCUT2D eigenvalue weighted by atomic mass is 9.97. The van der Waals surface area contributed by atoms with Crippen molar-refractivity contribution < 1.29 is 36.5 Å². The molecular weight excluding hydrogens is 422 g/mol. The van der Waals surface area contributed by atoms with E-state index < -0.39 is 39.6 Å². The molecular formula is C18H21NO8S2. The van der Waals surface area contributed by atoms with Crippen LogP contribution in [-0.4, -0.2) is 60.7 Å². The summed E-state index contributed by atoms with van der Waals surface area (Å²) < 4.78 is 38.4. The van der Waals surface area contributed by atoms with Gasteiger partial charge in [0.05, 0.1) is 21.4 Å². The number of ether oxygens (including phenoxy) is 2. The van der Waals surface area contributed by atoms with Crippen LogP contribution in [0.15, 0.2) is 29.2 Å². The van der Waals surface area contributed by atoms with Crippen molar-refractivity contribution in [3.63, 3.8) is 0 Å². The highest BCUT2D eigenvalue weighted by Crippen LogP contribution is 2.51. The van der Waals surface area contributed by atoms with Crippen LogP contribution in [0.4, 0.5) is 0 Å². The van der Waals surface area contributed by atoms with Gasteiger partial charge >= 0.3 is 11.9 Å². The molecule has 3 atom stereocenters. The van der Waals surface area contributed by atoms with Gasteiger partial charge in [-0.05, 0) is 26.0 Å². The summed E-state index contributed by atoms with van der Waals surface area (Å²) in [6, 6.07) is 5.00. The number of thioether (sulfide) groups is 1. The minimum Gasteiger partial charge on any atom is -0.464 e. The number of benzene rings is 1. The van der Waals surface area contributed by atoms with Crippen molar-refractivity contribution in [2.24, 2.45) is 0 Å². The molecule has 0 saturated carbocycles. The molecule has 1 amide bonds. The van der Waals surface area contributed by atoms with E-state index in [2.05, 4.69) is 0 Å². The fourth-order valence-corrected chi connectivity index (χ4v) is 5.64. The minimum atomic E-state index is -4.10. The Bertz CT molecular complexity index is 930. The van der Waals surface area contributed by atoms with E-state index in [1.165, 1.54) is 35.7 Å². The third-order valence-electron chi connectivity index (χ3n) is 4.71. The summed E-state index contributed by atoms with van der Waals surface area (Å²) in [5.74, 6) is -1.54. The Morgan fingerprint density at radius 2 is 1.90 bits per heavy atom. The molecule has 0 bridgehead atoms. The van der Waals surface area contributed by atoms with E-state index in [0.29, 0.717) is 0 Å². The molecule has 3 rings (SSSR count). The first-order valence-electron chi connectivity index (χ1n) is 8.78. The van der Waals surface area contributed by atoms with Gasteiger partial charge in [-0.1, -0.05) is 17.7 Å². The van der Waals surface area contributed by atoms with Crippen LogP contribution in [0.25, 0.3) is 0 Å². The van der Waals surface area contributed by atoms with Crippen LogP contribution in [0, 0.1) is 6.92 Å². The van der Waals surface area contributed by atoms with Crippen molar-refractivity contribution in [1.82, 2.24) is 4.90 Å². The summed E-state index contributed by atoms with van der Waals surface area (Å²) in [4.78, 5) is 37.1. The molecule has 158 valence electrons. The summed E-state index contributed by atoms with van der Waals surface area (Å²) in [6.07, 6.45) is 0.280. The third-order valence-corrected chi connectivity index (χ3v) is 7.51. The molecule has 0 spiro atoms. The SMILES string of the molecule is CC(=O)OC[C@]1(C)S[C@@H]2CC(=O)N2[C@H]1C(=O)OCOS(=O)(=O)c1ccc(C)cc1. The van der Waals surface area contributed by atoms with Gasteiger partial charge in [0.1, 0.15) is 12.6 Å². The standard InChI is InChI=1S/C18H21NO8S2/c1-11-4-6-13(7-5-11)29(23,24)27-10-26-17(22)16-18(3,9-25-12(2)20)28-15-8-14(21)19(15)16/h4-7,15-16H,8-10H2,1-3H3/t15-,16+,18+/m1/s1. The molecule has 1 aromatic carbocycles. The Morgan fingerprint density at radius 1 is 1.24 bits per heavy atom. The average molecular weight is 443 g/mol. The van der Waals surface area contributed by atoms with Gasteiger partial charge in [-0.3, -0.25) is 9.59 Å². The molecule has 0 aromatic heterocycles. The summed E-state index contributed by atoms with van der Waals surface area (Å²) in [5, 5.41) is -0.210. The number of esters is 2. The lowest BCUT2D eigenvalue weighted by molar-refractivity contribution is -0.167. The Labute approximate surface area is 172 Å². The molecule has 0 aliphatic carbocycles. The van der Waals surface area contributed by atoms with Gasteiger partial charge in [0.2, 0.25) is 12.7 Å². The lowest BCUT2D eigenvalue weighted by Gasteiger charge is -2.37. The largest absolute Gasteiger partial charge is 0.464 e. The average Bonchev–Trinajstić information content (AvgIpc) is 2.88. The monoisotopic (exact) mass is 443 g/mol. The Balaban J connectivity index is 1.65. The molecule has 2 saturated heterocycles.